The van der Waals surface area contributed by atoms with Crippen LogP contribution < -0.4 is 11.1 Å². The van der Waals surface area contributed by atoms with Crippen LogP contribution in [0.15, 0.2) is 22.5 Å². The Morgan fingerprint density at radius 2 is 2.12 bits per heavy atom. The highest BCUT2D eigenvalue weighted by Gasteiger charge is 2.74. The lowest BCUT2D eigenvalue weighted by atomic mass is 9.82. The number of amides is 1. The van der Waals surface area contributed by atoms with Gasteiger partial charge in [0.1, 0.15) is 6.61 Å². The zero-order chi connectivity index (χ0) is 18.3. The van der Waals surface area contributed by atoms with Gasteiger partial charge in [-0.2, -0.15) is 0 Å². The summed E-state index contributed by atoms with van der Waals surface area (Å²) < 4.78 is 4.93. The van der Waals surface area contributed by atoms with E-state index < -0.39 is 17.7 Å². The van der Waals surface area contributed by atoms with Gasteiger partial charge in [-0.1, -0.05) is 0 Å². The van der Waals surface area contributed by atoms with Gasteiger partial charge in [-0.3, -0.25) is 14.5 Å². The van der Waals surface area contributed by atoms with Crippen LogP contribution >= 0.6 is 0 Å². The molecule has 4 aliphatic rings. The van der Waals surface area contributed by atoms with Crippen LogP contribution in [0.4, 0.5) is 4.79 Å². The Balaban J connectivity index is 1.82. The summed E-state index contributed by atoms with van der Waals surface area (Å²) in [5, 5.41) is 14.2. The van der Waals surface area contributed by atoms with E-state index in [1.54, 1.807) is 18.9 Å². The number of nitrogens with one attached hydrogen (secondary N) is 1. The first-order valence-corrected chi connectivity index (χ1v) is 8.11. The molecular weight excluding hydrogens is 328 g/mol. The molecule has 1 aliphatic carbocycles. The van der Waals surface area contributed by atoms with Crippen LogP contribution in [-0.4, -0.2) is 77.6 Å². The Labute approximate surface area is 144 Å². The van der Waals surface area contributed by atoms with Gasteiger partial charge >= 0.3 is 6.09 Å². The molecule has 1 amide bonds. The average molecular weight is 348 g/mol. The number of hydrogen-bond acceptors (Lipinski definition) is 8. The Kier molecular flexibility index (Phi) is 3.11. The molecule has 3 aliphatic heterocycles. The third kappa shape index (κ3) is 1.77. The van der Waals surface area contributed by atoms with E-state index in [-0.39, 0.29) is 47.2 Å². The number of allylic oxidation sites excluding steroid dienone is 2. The van der Waals surface area contributed by atoms with Crippen molar-refractivity contribution in [1.29, 1.82) is 0 Å². The van der Waals surface area contributed by atoms with E-state index in [1.807, 2.05) is 11.9 Å². The van der Waals surface area contributed by atoms with Gasteiger partial charge in [-0.25, -0.2) is 4.79 Å². The van der Waals surface area contributed by atoms with Crippen LogP contribution in [0.5, 0.6) is 0 Å². The van der Waals surface area contributed by atoms with Crippen LogP contribution in [-0.2, 0) is 14.3 Å². The van der Waals surface area contributed by atoms with Crippen molar-refractivity contribution in [3.63, 3.8) is 0 Å². The number of likely N-dealkylation sites (N-methyl/N-ethyl adjacent to an activating group) is 2. The first-order valence-electron chi connectivity index (χ1n) is 8.11. The van der Waals surface area contributed by atoms with Crippen molar-refractivity contribution in [1.82, 2.24) is 15.1 Å². The van der Waals surface area contributed by atoms with Crippen molar-refractivity contribution in [2.24, 2.45) is 11.7 Å². The number of nitrogens with zero attached hydrogens (tertiary/aromatic N) is 2. The fourth-order valence-electron chi connectivity index (χ4n) is 4.67. The van der Waals surface area contributed by atoms with Gasteiger partial charge in [0.25, 0.3) is 0 Å². The van der Waals surface area contributed by atoms with E-state index in [2.05, 4.69) is 5.32 Å². The summed E-state index contributed by atoms with van der Waals surface area (Å²) in [6.07, 6.45) is -0.988. The van der Waals surface area contributed by atoms with E-state index >= 15 is 0 Å². The molecule has 9 heteroatoms. The normalized spacial score (nSPS) is 38.6. The lowest BCUT2D eigenvalue weighted by Crippen LogP contribution is -2.53. The molecule has 0 radical (unpaired) electrons. The highest BCUT2D eigenvalue weighted by Crippen LogP contribution is 2.57. The van der Waals surface area contributed by atoms with Crippen LogP contribution in [0.25, 0.3) is 0 Å². The maximum absolute atomic E-state index is 13.0. The lowest BCUT2D eigenvalue weighted by molar-refractivity contribution is -0.126. The lowest BCUT2D eigenvalue weighted by Gasteiger charge is -2.37. The first kappa shape index (κ1) is 16.1. The summed E-state index contributed by atoms with van der Waals surface area (Å²) in [6.45, 7) is 1.78. The number of ether oxygens (including phenoxy) is 1. The molecule has 0 aromatic rings. The molecule has 4 N–H and O–H groups in total. The molecule has 2 saturated heterocycles. The summed E-state index contributed by atoms with van der Waals surface area (Å²) in [6, 6.07) is -0.119. The molecule has 0 aromatic heterocycles. The molecule has 0 bridgehead atoms. The van der Waals surface area contributed by atoms with Gasteiger partial charge in [-0.15, -0.1) is 0 Å². The Hall–Kier alpha value is -2.39. The first-order chi connectivity index (χ1) is 11.7. The predicted octanol–water partition coefficient (Wildman–Crippen LogP) is -1.70. The quantitative estimate of drug-likeness (QED) is 0.407. The fraction of sp³-hybridized carbons (Fsp3) is 0.562. The number of hydrogen-bond donors (Lipinski definition) is 3. The number of ketones is 2. The Morgan fingerprint density at radius 1 is 1.44 bits per heavy atom. The van der Waals surface area contributed by atoms with Gasteiger partial charge in [0.05, 0.1) is 23.4 Å². The second kappa shape index (κ2) is 4.83. The van der Waals surface area contributed by atoms with Crippen molar-refractivity contribution < 1.29 is 24.2 Å². The SMILES string of the molecule is CNC1=C(C)C(=O)C2=C(C1=O)C(COC(N)=O)C1(O)C3C(CN21)N3C. The average Bonchev–Trinajstić information content (AvgIpc) is 2.96. The topological polar surface area (TPSA) is 125 Å². The van der Waals surface area contributed by atoms with Crippen molar-refractivity contribution >= 4 is 17.7 Å². The minimum atomic E-state index is -1.46. The maximum Gasteiger partial charge on any atom is 0.404 e. The summed E-state index contributed by atoms with van der Waals surface area (Å²) in [5.74, 6) is -1.47. The zero-order valence-electron chi connectivity index (χ0n) is 14.2. The Bertz CT molecular complexity index is 787. The fourth-order valence-corrected chi connectivity index (χ4v) is 4.67. The zero-order valence-corrected chi connectivity index (χ0v) is 14.2. The second-order valence-electron chi connectivity index (χ2n) is 6.92. The van der Waals surface area contributed by atoms with Crippen LogP contribution in [0.3, 0.4) is 0 Å². The Morgan fingerprint density at radius 3 is 2.72 bits per heavy atom. The molecule has 0 saturated carbocycles. The van der Waals surface area contributed by atoms with Crippen LogP contribution in [0.2, 0.25) is 0 Å². The summed E-state index contributed by atoms with van der Waals surface area (Å²) in [5.41, 5.74) is 4.56. The van der Waals surface area contributed by atoms with Crippen LogP contribution in [0.1, 0.15) is 6.92 Å². The number of primary amides is 1. The highest BCUT2D eigenvalue weighted by molar-refractivity contribution is 6.25. The number of carbonyl (C=O) groups excluding carboxylic acids is 3. The molecule has 3 heterocycles. The minimum absolute atomic E-state index is 0.105. The molecule has 5 unspecified atom stereocenters. The molecule has 2 fully saturated rings. The molecule has 0 spiro atoms. The number of rotatable bonds is 3. The van der Waals surface area contributed by atoms with Crippen molar-refractivity contribution in [3.05, 3.63) is 22.5 Å². The van der Waals surface area contributed by atoms with E-state index in [9.17, 15) is 19.5 Å². The van der Waals surface area contributed by atoms with Crippen LogP contribution in [0, 0.1) is 5.92 Å². The predicted molar refractivity (Wildman–Crippen MR) is 84.8 cm³/mol. The summed E-state index contributed by atoms with van der Waals surface area (Å²) in [4.78, 5) is 40.5. The minimum Gasteiger partial charge on any atom is -0.449 e. The van der Waals surface area contributed by atoms with Crippen molar-refractivity contribution in [3.8, 4) is 0 Å². The third-order valence-corrected chi connectivity index (χ3v) is 5.90. The van der Waals surface area contributed by atoms with E-state index in [1.165, 1.54) is 0 Å². The summed E-state index contributed by atoms with van der Waals surface area (Å²) in [7, 11) is 3.44. The van der Waals surface area contributed by atoms with Gasteiger partial charge in [0.2, 0.25) is 11.6 Å². The van der Waals surface area contributed by atoms with Gasteiger partial charge < -0.3 is 25.8 Å². The van der Waals surface area contributed by atoms with Crippen molar-refractivity contribution in [2.45, 2.75) is 24.7 Å². The molecule has 5 atom stereocenters. The molecule has 25 heavy (non-hydrogen) atoms. The van der Waals surface area contributed by atoms with E-state index in [4.69, 9.17) is 10.5 Å². The van der Waals surface area contributed by atoms with Crippen molar-refractivity contribution in [2.75, 3.05) is 27.2 Å². The standard InChI is InChI=1S/C16H20N4O5/c1-6-10(18-2)13(22)9-7(5-25-15(17)23)16(24)14-8(19(14)3)4-20(16)11(9)12(6)21/h7-8,14,18,24H,4-5H2,1-3H3,(H2,17,23). The largest absolute Gasteiger partial charge is 0.449 e. The number of aliphatic hydroxyl groups is 1. The number of carbonyl (C=O) groups is 3. The number of piperazine rings is 1. The molecule has 4 rings (SSSR count). The number of nitrogens with two attached hydrogens (primary N) is 1. The maximum atomic E-state index is 13.0. The van der Waals surface area contributed by atoms with E-state index in [0.29, 0.717) is 12.1 Å². The van der Waals surface area contributed by atoms with Gasteiger partial charge in [0.15, 0.2) is 5.72 Å². The van der Waals surface area contributed by atoms with E-state index in [0.717, 1.165) is 0 Å². The molecular formula is C16H20N4O5. The second-order valence-corrected chi connectivity index (χ2v) is 6.92. The highest BCUT2D eigenvalue weighted by atomic mass is 16.5. The smallest absolute Gasteiger partial charge is 0.404 e. The summed E-state index contributed by atoms with van der Waals surface area (Å²) >= 11 is 0. The molecule has 0 aromatic carbocycles. The number of fused-ring (bicyclic) bond motifs is 4. The van der Waals surface area contributed by atoms with Gasteiger partial charge in [-0.05, 0) is 14.0 Å². The molecule has 134 valence electrons. The third-order valence-electron chi connectivity index (χ3n) is 5.90. The monoisotopic (exact) mass is 348 g/mol. The number of Topliss-reactive ketones (excluding diaryl/α,β-unsaturated/α-hetero) is 2. The van der Waals surface area contributed by atoms with Gasteiger partial charge in [0, 0.05) is 30.8 Å². The molecule has 9 nitrogen and oxygen atoms in total.